The van der Waals surface area contributed by atoms with Crippen molar-refractivity contribution < 1.29 is 29.4 Å². The Morgan fingerprint density at radius 1 is 1.33 bits per heavy atom. The normalized spacial score (nSPS) is 8.08. The Balaban J connectivity index is 0. The number of nitrogens with zero attached hydrogens (tertiary/aromatic N) is 1. The lowest BCUT2D eigenvalue weighted by atomic mass is 10.8. The maximum atomic E-state index is 9.53. The van der Waals surface area contributed by atoms with E-state index >= 15 is 0 Å². The van der Waals surface area contributed by atoms with E-state index < -0.39 is 11.9 Å². The highest BCUT2D eigenvalue weighted by Crippen LogP contribution is 1.61. The summed E-state index contributed by atoms with van der Waals surface area (Å²) in [5.74, 6) is -2.54. The van der Waals surface area contributed by atoms with E-state index in [9.17, 15) is 4.79 Å². The molecule has 0 saturated carbocycles. The molecule has 0 aliphatic heterocycles. The highest BCUT2D eigenvalue weighted by atomic mass is 16.6. The maximum absolute atomic E-state index is 9.53. The zero-order chi connectivity index (χ0) is 9.98. The molecule has 0 aliphatic rings. The highest BCUT2D eigenvalue weighted by Gasteiger charge is 1.82. The van der Waals surface area contributed by atoms with Gasteiger partial charge in [-0.2, -0.15) is 0 Å². The van der Waals surface area contributed by atoms with Gasteiger partial charge in [0, 0.05) is 0 Å². The molecule has 0 amide bonds. The van der Waals surface area contributed by atoms with Gasteiger partial charge in [0.2, 0.25) is 6.29 Å². The minimum Gasteiger partial charge on any atom is -0.477 e. The molecule has 2 N–H and O–H groups in total. The topological polar surface area (TPSA) is 113 Å². The van der Waals surface area contributed by atoms with E-state index in [1.807, 2.05) is 0 Å². The third kappa shape index (κ3) is 24.3. The molecule has 68 valence electrons. The minimum atomic E-state index is -1.43. The van der Waals surface area contributed by atoms with Gasteiger partial charge < -0.3 is 15.1 Å². The first kappa shape index (κ1) is 12.7. The second-order valence-corrected chi connectivity index (χ2v) is 1.21. The predicted molar refractivity (Wildman–Crippen MR) is 36.8 cm³/mol. The number of carbonyl (C=O) groups excluding carboxylic acids is 1. The number of carbonyl (C=O) groups is 3. The standard InChI is InChI=1S/C3H5NO3.C2H2O3/c1-7-4-2-3(5)6;3-1-2(4)5/h2H,1H3,(H,5,6);1H,(H,4,5)/b4-2+;. The first-order chi connectivity index (χ1) is 5.54. The largest absolute Gasteiger partial charge is 0.477 e. The smallest absolute Gasteiger partial charge is 0.368 e. The Labute approximate surface area is 67.2 Å². The van der Waals surface area contributed by atoms with Gasteiger partial charge in [0.25, 0.3) is 0 Å². The molecular weight excluding hydrogens is 170 g/mol. The summed E-state index contributed by atoms with van der Waals surface area (Å²) in [5.41, 5.74) is 0. The molecule has 0 unspecified atom stereocenters. The van der Waals surface area contributed by atoms with Crippen LogP contribution in [0.25, 0.3) is 0 Å². The van der Waals surface area contributed by atoms with Crippen LogP contribution in [-0.2, 0) is 19.2 Å². The minimum absolute atomic E-state index is 0.167. The van der Waals surface area contributed by atoms with Gasteiger partial charge in [-0.25, -0.2) is 9.59 Å². The number of hydrogen-bond acceptors (Lipinski definition) is 5. The van der Waals surface area contributed by atoms with Gasteiger partial charge in [0.05, 0.1) is 0 Å². The van der Waals surface area contributed by atoms with E-state index in [1.54, 1.807) is 0 Å². The molecule has 12 heavy (non-hydrogen) atoms. The van der Waals surface area contributed by atoms with Crippen molar-refractivity contribution in [1.29, 1.82) is 0 Å². The van der Waals surface area contributed by atoms with Crippen molar-refractivity contribution in [2.75, 3.05) is 7.11 Å². The Morgan fingerprint density at radius 3 is 1.83 bits per heavy atom. The van der Waals surface area contributed by atoms with E-state index in [-0.39, 0.29) is 6.29 Å². The van der Waals surface area contributed by atoms with Crippen molar-refractivity contribution in [3.05, 3.63) is 0 Å². The second-order valence-electron chi connectivity index (χ2n) is 1.21. The Kier molecular flexibility index (Phi) is 9.63. The lowest BCUT2D eigenvalue weighted by Gasteiger charge is -1.78. The summed E-state index contributed by atoms with van der Waals surface area (Å²) in [6, 6.07) is 0. The molecule has 0 atom stereocenters. The van der Waals surface area contributed by atoms with Gasteiger partial charge in [-0.1, -0.05) is 5.16 Å². The molecule has 0 spiro atoms. The van der Waals surface area contributed by atoms with Crippen LogP contribution in [0.5, 0.6) is 0 Å². The summed E-state index contributed by atoms with van der Waals surface area (Å²) in [7, 11) is 1.28. The van der Waals surface area contributed by atoms with Gasteiger partial charge in [-0.3, -0.25) is 4.79 Å². The first-order valence-corrected chi connectivity index (χ1v) is 2.52. The van der Waals surface area contributed by atoms with Crippen molar-refractivity contribution in [1.82, 2.24) is 0 Å². The van der Waals surface area contributed by atoms with E-state index in [4.69, 9.17) is 19.8 Å². The van der Waals surface area contributed by atoms with Gasteiger partial charge in [0.1, 0.15) is 7.11 Å². The van der Waals surface area contributed by atoms with Crippen LogP contribution in [0.4, 0.5) is 0 Å². The van der Waals surface area contributed by atoms with Crippen molar-refractivity contribution >= 4 is 24.4 Å². The van der Waals surface area contributed by atoms with Crippen LogP contribution >= 0.6 is 0 Å². The number of oxime groups is 1. The fourth-order valence-corrected chi connectivity index (χ4v) is 0.0978. The molecule has 0 rings (SSSR count). The van der Waals surface area contributed by atoms with Crippen LogP contribution in [0, 0.1) is 0 Å². The van der Waals surface area contributed by atoms with Crippen LogP contribution in [0.15, 0.2) is 5.16 Å². The van der Waals surface area contributed by atoms with E-state index in [0.29, 0.717) is 6.21 Å². The summed E-state index contributed by atoms with van der Waals surface area (Å²) in [6.07, 6.45) is 0.500. The maximum Gasteiger partial charge on any atom is 0.368 e. The molecule has 0 fully saturated rings. The number of carboxylic acid groups (broad SMARTS) is 2. The number of aliphatic carboxylic acids is 2. The monoisotopic (exact) mass is 177 g/mol. The van der Waals surface area contributed by atoms with E-state index in [2.05, 4.69) is 9.99 Å². The average Bonchev–Trinajstić information content (AvgIpc) is 2.02. The Morgan fingerprint density at radius 2 is 1.75 bits per heavy atom. The van der Waals surface area contributed by atoms with Crippen molar-refractivity contribution in [2.45, 2.75) is 0 Å². The fourth-order valence-electron chi connectivity index (χ4n) is 0.0978. The van der Waals surface area contributed by atoms with E-state index in [1.165, 1.54) is 7.11 Å². The number of carboxylic acids is 2. The summed E-state index contributed by atoms with van der Waals surface area (Å²) < 4.78 is 0. The van der Waals surface area contributed by atoms with Crippen LogP contribution in [0.3, 0.4) is 0 Å². The van der Waals surface area contributed by atoms with Crippen LogP contribution in [0.1, 0.15) is 0 Å². The highest BCUT2D eigenvalue weighted by molar-refractivity contribution is 6.21. The van der Waals surface area contributed by atoms with Gasteiger partial charge >= 0.3 is 11.9 Å². The van der Waals surface area contributed by atoms with E-state index in [0.717, 1.165) is 0 Å². The molecule has 0 heterocycles. The van der Waals surface area contributed by atoms with Crippen molar-refractivity contribution in [3.8, 4) is 0 Å². The molecule has 0 aromatic heterocycles. The fraction of sp³-hybridized carbons (Fsp3) is 0.200. The quantitative estimate of drug-likeness (QED) is 0.246. The zero-order valence-corrected chi connectivity index (χ0v) is 6.13. The molecule has 0 aromatic rings. The molecule has 0 radical (unpaired) electrons. The van der Waals surface area contributed by atoms with Crippen LogP contribution in [-0.4, -0.2) is 41.8 Å². The lowest BCUT2D eigenvalue weighted by Crippen LogP contribution is -1.94. The van der Waals surface area contributed by atoms with Crippen LogP contribution < -0.4 is 0 Å². The van der Waals surface area contributed by atoms with Gasteiger partial charge in [-0.05, 0) is 0 Å². The Hall–Kier alpha value is -1.92. The summed E-state index contributed by atoms with van der Waals surface area (Å²) in [6.45, 7) is 0. The summed E-state index contributed by atoms with van der Waals surface area (Å²) in [4.78, 5) is 31.5. The molecule has 0 bridgehead atoms. The molecular formula is C5H7NO6. The summed E-state index contributed by atoms with van der Waals surface area (Å²) in [5, 5.41) is 18.1. The molecule has 0 saturated heterocycles. The number of hydrogen-bond donors (Lipinski definition) is 2. The van der Waals surface area contributed by atoms with Gasteiger partial charge in [-0.15, -0.1) is 0 Å². The molecule has 0 aromatic carbocycles. The third-order valence-corrected chi connectivity index (χ3v) is 0.369. The molecule has 7 nitrogen and oxygen atoms in total. The number of aldehydes is 1. The van der Waals surface area contributed by atoms with Gasteiger partial charge in [0.15, 0.2) is 6.21 Å². The Bertz CT molecular complexity index is 186. The SMILES string of the molecule is CO/N=C/C(=O)O.O=CC(=O)O. The average molecular weight is 177 g/mol. The van der Waals surface area contributed by atoms with Crippen molar-refractivity contribution in [2.24, 2.45) is 5.16 Å². The molecule has 7 heteroatoms. The predicted octanol–water partition coefficient (Wildman–Crippen LogP) is -1.03. The third-order valence-electron chi connectivity index (χ3n) is 0.369. The number of rotatable bonds is 3. The second kappa shape index (κ2) is 9.08. The van der Waals surface area contributed by atoms with Crippen LogP contribution in [0.2, 0.25) is 0 Å². The van der Waals surface area contributed by atoms with Crippen molar-refractivity contribution in [3.63, 3.8) is 0 Å². The zero-order valence-electron chi connectivity index (χ0n) is 6.13. The summed E-state index contributed by atoms with van der Waals surface area (Å²) >= 11 is 0. The lowest BCUT2D eigenvalue weighted by molar-refractivity contribution is -0.143. The molecule has 0 aliphatic carbocycles. The first-order valence-electron chi connectivity index (χ1n) is 2.52.